The molecule has 8 heteroatoms. The largest absolute Gasteiger partial charge is 0.497 e. The zero-order valence-corrected chi connectivity index (χ0v) is 15.4. The van der Waals surface area contributed by atoms with Gasteiger partial charge in [-0.2, -0.15) is 5.26 Å². The van der Waals surface area contributed by atoms with Gasteiger partial charge in [-0.15, -0.1) is 10.2 Å². The first-order chi connectivity index (χ1) is 12.7. The second-order valence-corrected chi connectivity index (χ2v) is 7.36. The molecule has 0 radical (unpaired) electrons. The van der Waals surface area contributed by atoms with Gasteiger partial charge in [0.05, 0.1) is 18.7 Å². The van der Waals surface area contributed by atoms with Crippen LogP contribution in [-0.2, 0) is 5.75 Å². The third-order valence-corrected chi connectivity index (χ3v) is 5.45. The second kappa shape index (κ2) is 8.47. The van der Waals surface area contributed by atoms with Gasteiger partial charge < -0.3 is 4.74 Å². The van der Waals surface area contributed by atoms with E-state index in [1.54, 1.807) is 43.5 Å². The molecule has 0 aliphatic carbocycles. The fourth-order valence-electron chi connectivity index (χ4n) is 2.07. The molecule has 0 saturated carbocycles. The highest BCUT2D eigenvalue weighted by Gasteiger charge is 2.11. The van der Waals surface area contributed by atoms with Gasteiger partial charge in [0.15, 0.2) is 4.34 Å². The van der Waals surface area contributed by atoms with Crippen LogP contribution in [0.25, 0.3) is 0 Å². The number of methoxy groups -OCH3 is 1. The molecule has 6 nitrogen and oxygen atoms in total. The number of hydrogen-bond acceptors (Lipinski definition) is 7. The minimum Gasteiger partial charge on any atom is -0.497 e. The number of amides is 1. The lowest BCUT2D eigenvalue weighted by Crippen LogP contribution is -2.11. The van der Waals surface area contributed by atoms with Gasteiger partial charge in [0.2, 0.25) is 5.13 Å². The van der Waals surface area contributed by atoms with Gasteiger partial charge in [-0.25, -0.2) is 0 Å². The van der Waals surface area contributed by atoms with Crippen LogP contribution in [0.4, 0.5) is 5.13 Å². The molecule has 3 aromatic rings. The molecule has 2 aromatic carbocycles. The van der Waals surface area contributed by atoms with E-state index in [2.05, 4.69) is 21.6 Å². The maximum Gasteiger partial charge on any atom is 0.257 e. The second-order valence-electron chi connectivity index (χ2n) is 5.16. The van der Waals surface area contributed by atoms with Crippen LogP contribution in [0, 0.1) is 11.3 Å². The molecule has 130 valence electrons. The Bertz CT molecular complexity index is 948. The number of nitrogens with one attached hydrogen (secondary N) is 1. The lowest BCUT2D eigenvalue weighted by Gasteiger charge is -2.03. The number of thioether (sulfide) groups is 1. The molecule has 1 amide bonds. The first-order valence-electron chi connectivity index (χ1n) is 7.58. The molecule has 0 bridgehead atoms. The summed E-state index contributed by atoms with van der Waals surface area (Å²) in [6, 6.07) is 16.4. The molecular weight excluding hydrogens is 368 g/mol. The Morgan fingerprint density at radius 2 is 2.08 bits per heavy atom. The maximum atomic E-state index is 12.3. The minimum absolute atomic E-state index is 0.260. The highest BCUT2D eigenvalue weighted by atomic mass is 32.2. The van der Waals surface area contributed by atoms with Crippen molar-refractivity contribution in [3.63, 3.8) is 0 Å². The molecule has 1 N–H and O–H groups in total. The van der Waals surface area contributed by atoms with E-state index in [9.17, 15) is 4.79 Å². The summed E-state index contributed by atoms with van der Waals surface area (Å²) in [4.78, 5) is 12.3. The quantitative estimate of drug-likeness (QED) is 0.513. The summed E-state index contributed by atoms with van der Waals surface area (Å²) >= 11 is 2.85. The van der Waals surface area contributed by atoms with Gasteiger partial charge in [0.25, 0.3) is 5.91 Å². The minimum atomic E-state index is -0.260. The average molecular weight is 382 g/mol. The van der Waals surface area contributed by atoms with Gasteiger partial charge in [0.1, 0.15) is 5.75 Å². The molecule has 0 aliphatic rings. The van der Waals surface area contributed by atoms with E-state index < -0.39 is 0 Å². The highest BCUT2D eigenvalue weighted by Crippen LogP contribution is 2.28. The number of nitriles is 1. The van der Waals surface area contributed by atoms with Crippen molar-refractivity contribution in [1.29, 1.82) is 5.26 Å². The van der Waals surface area contributed by atoms with Gasteiger partial charge in [-0.05, 0) is 35.9 Å². The smallest absolute Gasteiger partial charge is 0.257 e. The molecule has 0 atom stereocenters. The number of ether oxygens (including phenoxy) is 1. The molecule has 26 heavy (non-hydrogen) atoms. The van der Waals surface area contributed by atoms with Crippen molar-refractivity contribution < 1.29 is 9.53 Å². The van der Waals surface area contributed by atoms with Crippen molar-refractivity contribution >= 4 is 34.1 Å². The van der Waals surface area contributed by atoms with Crippen LogP contribution < -0.4 is 10.1 Å². The number of rotatable bonds is 6. The van der Waals surface area contributed by atoms with Crippen LogP contribution >= 0.6 is 23.1 Å². The van der Waals surface area contributed by atoms with Crippen molar-refractivity contribution in [3.05, 3.63) is 65.2 Å². The van der Waals surface area contributed by atoms with E-state index >= 15 is 0 Å². The molecule has 0 aliphatic heterocycles. The Balaban J connectivity index is 1.58. The highest BCUT2D eigenvalue weighted by molar-refractivity contribution is 8.00. The molecule has 1 aromatic heterocycles. The van der Waals surface area contributed by atoms with Crippen LogP contribution in [0.3, 0.4) is 0 Å². The van der Waals surface area contributed by atoms with Gasteiger partial charge >= 0.3 is 0 Å². The predicted molar refractivity (Wildman–Crippen MR) is 102 cm³/mol. The summed E-state index contributed by atoms with van der Waals surface area (Å²) in [5.74, 6) is 1.07. The molecule has 0 spiro atoms. The number of aromatic nitrogens is 2. The predicted octanol–water partition coefficient (Wildman–Crippen LogP) is 3.96. The lowest BCUT2D eigenvalue weighted by molar-refractivity contribution is 0.102. The van der Waals surface area contributed by atoms with Crippen molar-refractivity contribution in [3.8, 4) is 11.8 Å². The van der Waals surface area contributed by atoms with Gasteiger partial charge in [-0.3, -0.25) is 10.1 Å². The molecule has 1 heterocycles. The van der Waals surface area contributed by atoms with Crippen molar-refractivity contribution in [2.45, 2.75) is 10.1 Å². The van der Waals surface area contributed by atoms with Crippen molar-refractivity contribution in [2.24, 2.45) is 0 Å². The van der Waals surface area contributed by atoms with Crippen LogP contribution in [0.1, 0.15) is 21.5 Å². The van der Waals surface area contributed by atoms with Crippen molar-refractivity contribution in [1.82, 2.24) is 10.2 Å². The molecule has 3 rings (SSSR count). The van der Waals surface area contributed by atoms with Crippen molar-refractivity contribution in [2.75, 3.05) is 12.4 Å². The first-order valence-corrected chi connectivity index (χ1v) is 9.39. The van der Waals surface area contributed by atoms with Gasteiger partial charge in [-0.1, -0.05) is 41.3 Å². The number of carbonyl (C=O) groups is 1. The summed E-state index contributed by atoms with van der Waals surface area (Å²) in [5, 5.41) is 20.1. The SMILES string of the molecule is COc1cccc(C(=O)Nc2nnc(SCc3ccc(C#N)cc3)s2)c1. The Morgan fingerprint density at radius 1 is 1.27 bits per heavy atom. The molecular formula is C18H14N4O2S2. The number of benzene rings is 2. The summed E-state index contributed by atoms with van der Waals surface area (Å²) in [6.45, 7) is 0. The number of nitrogens with zero attached hydrogens (tertiary/aromatic N) is 3. The fraction of sp³-hybridized carbons (Fsp3) is 0.111. The average Bonchev–Trinajstić information content (AvgIpc) is 3.14. The van der Waals surface area contributed by atoms with E-state index in [4.69, 9.17) is 10.00 Å². The Morgan fingerprint density at radius 3 is 2.81 bits per heavy atom. The first kappa shape index (κ1) is 17.9. The molecule has 0 fully saturated rings. The Hall–Kier alpha value is -2.89. The summed E-state index contributed by atoms with van der Waals surface area (Å²) < 4.78 is 5.88. The molecule has 0 unspecified atom stereocenters. The monoisotopic (exact) mass is 382 g/mol. The Labute approximate surface area is 158 Å². The standard InChI is InChI=1S/C18H14N4O2S2/c1-24-15-4-2-3-14(9-15)16(23)20-17-21-22-18(26-17)25-11-13-7-5-12(10-19)6-8-13/h2-9H,11H2,1H3,(H,20,21,23). The van der Waals surface area contributed by atoms with Crippen LogP contribution in [-0.4, -0.2) is 23.2 Å². The van der Waals surface area contributed by atoms with E-state index in [1.165, 1.54) is 23.1 Å². The summed E-state index contributed by atoms with van der Waals surface area (Å²) in [7, 11) is 1.55. The topological polar surface area (TPSA) is 87.9 Å². The number of anilines is 1. The summed E-state index contributed by atoms with van der Waals surface area (Å²) in [6.07, 6.45) is 0. The molecule has 0 saturated heterocycles. The van der Waals surface area contributed by atoms with Gasteiger partial charge in [0, 0.05) is 11.3 Å². The number of hydrogen-bond donors (Lipinski definition) is 1. The zero-order valence-electron chi connectivity index (χ0n) is 13.8. The van der Waals surface area contributed by atoms with Crippen LogP contribution in [0.2, 0.25) is 0 Å². The Kier molecular flexibility index (Phi) is 5.84. The van der Waals surface area contributed by atoms with E-state index in [0.29, 0.717) is 27.8 Å². The normalized spacial score (nSPS) is 10.2. The zero-order chi connectivity index (χ0) is 18.4. The fourth-order valence-corrected chi connectivity index (χ4v) is 3.78. The number of carbonyl (C=O) groups excluding carboxylic acids is 1. The van der Waals surface area contributed by atoms with Crippen LogP contribution in [0.5, 0.6) is 5.75 Å². The van der Waals surface area contributed by atoms with E-state index in [1.807, 2.05) is 12.1 Å². The third kappa shape index (κ3) is 4.59. The van der Waals surface area contributed by atoms with E-state index in [-0.39, 0.29) is 5.91 Å². The maximum absolute atomic E-state index is 12.3. The van der Waals surface area contributed by atoms with E-state index in [0.717, 1.165) is 9.90 Å². The summed E-state index contributed by atoms with van der Waals surface area (Å²) in [5.41, 5.74) is 2.22. The van der Waals surface area contributed by atoms with Crippen LogP contribution in [0.15, 0.2) is 52.9 Å². The lowest BCUT2D eigenvalue weighted by atomic mass is 10.2. The third-order valence-electron chi connectivity index (χ3n) is 3.40.